The summed E-state index contributed by atoms with van der Waals surface area (Å²) in [5.41, 5.74) is 2.62. The SMILES string of the molecule is CCCC(C)C1CCC2C3CC=C4CC(O)CCC4(C)C3CCC12C. The van der Waals surface area contributed by atoms with Gasteiger partial charge in [-0.1, -0.05) is 52.2 Å². The van der Waals surface area contributed by atoms with Crippen molar-refractivity contribution in [3.63, 3.8) is 0 Å². The highest BCUT2D eigenvalue weighted by atomic mass is 16.3. The number of hydrogen-bond donors (Lipinski definition) is 1. The Hall–Kier alpha value is -0.300. The lowest BCUT2D eigenvalue weighted by molar-refractivity contribution is -0.0571. The van der Waals surface area contributed by atoms with Crippen molar-refractivity contribution in [2.24, 2.45) is 40.4 Å². The van der Waals surface area contributed by atoms with Crippen molar-refractivity contribution in [2.45, 2.75) is 98.0 Å². The first-order chi connectivity index (χ1) is 11.9. The lowest BCUT2D eigenvalue weighted by Gasteiger charge is -2.58. The molecule has 0 aromatic carbocycles. The van der Waals surface area contributed by atoms with Gasteiger partial charge in [0.25, 0.3) is 0 Å². The number of rotatable bonds is 3. The molecule has 0 amide bonds. The van der Waals surface area contributed by atoms with Crippen molar-refractivity contribution in [3.05, 3.63) is 11.6 Å². The van der Waals surface area contributed by atoms with E-state index in [4.69, 9.17) is 0 Å². The molecule has 0 aromatic heterocycles. The topological polar surface area (TPSA) is 20.2 Å². The number of allylic oxidation sites excluding steroid dienone is 1. The van der Waals surface area contributed by atoms with Gasteiger partial charge in [-0.05, 0) is 91.8 Å². The third-order valence-electron chi connectivity index (χ3n) is 9.58. The molecule has 25 heavy (non-hydrogen) atoms. The molecule has 1 nitrogen and oxygen atoms in total. The van der Waals surface area contributed by atoms with Crippen LogP contribution in [-0.4, -0.2) is 11.2 Å². The molecule has 1 heteroatoms. The fourth-order valence-corrected chi connectivity index (χ4v) is 8.27. The standard InChI is InChI=1S/C24H40O/c1-5-6-16(2)20-9-10-21-19-8-7-17-15-18(25)11-13-23(17,3)22(19)12-14-24(20,21)4/h7,16,18-22,25H,5-6,8-15H2,1-4H3. The van der Waals surface area contributed by atoms with Gasteiger partial charge < -0.3 is 5.11 Å². The van der Waals surface area contributed by atoms with Gasteiger partial charge in [0.1, 0.15) is 0 Å². The van der Waals surface area contributed by atoms with Crippen LogP contribution in [0.5, 0.6) is 0 Å². The summed E-state index contributed by atoms with van der Waals surface area (Å²) in [4.78, 5) is 0. The maximum atomic E-state index is 10.2. The van der Waals surface area contributed by atoms with Crippen molar-refractivity contribution in [1.82, 2.24) is 0 Å². The van der Waals surface area contributed by atoms with Crippen LogP contribution in [0, 0.1) is 40.4 Å². The van der Waals surface area contributed by atoms with Gasteiger partial charge in [-0.2, -0.15) is 0 Å². The molecular formula is C24H40O. The van der Waals surface area contributed by atoms with Crippen molar-refractivity contribution in [3.8, 4) is 0 Å². The second kappa shape index (κ2) is 6.39. The van der Waals surface area contributed by atoms with Crippen molar-refractivity contribution in [1.29, 1.82) is 0 Å². The molecule has 0 aromatic rings. The van der Waals surface area contributed by atoms with Gasteiger partial charge >= 0.3 is 0 Å². The van der Waals surface area contributed by atoms with Crippen LogP contribution >= 0.6 is 0 Å². The molecule has 142 valence electrons. The molecule has 0 spiro atoms. The quantitative estimate of drug-likeness (QED) is 0.590. The van der Waals surface area contributed by atoms with E-state index >= 15 is 0 Å². The van der Waals surface area contributed by atoms with E-state index in [0.717, 1.165) is 42.4 Å². The zero-order chi connectivity index (χ0) is 17.8. The van der Waals surface area contributed by atoms with Crippen LogP contribution in [0.15, 0.2) is 11.6 Å². The summed E-state index contributed by atoms with van der Waals surface area (Å²) in [7, 11) is 0. The second-order valence-electron chi connectivity index (χ2n) is 10.7. The van der Waals surface area contributed by atoms with E-state index in [-0.39, 0.29) is 6.10 Å². The van der Waals surface area contributed by atoms with E-state index in [2.05, 4.69) is 33.8 Å². The Morgan fingerprint density at radius 2 is 1.92 bits per heavy atom. The number of hydrogen-bond acceptors (Lipinski definition) is 1. The molecule has 0 heterocycles. The molecule has 0 bridgehead atoms. The monoisotopic (exact) mass is 344 g/mol. The Labute approximate surface area is 155 Å². The maximum absolute atomic E-state index is 10.2. The second-order valence-corrected chi connectivity index (χ2v) is 10.7. The average molecular weight is 345 g/mol. The van der Waals surface area contributed by atoms with E-state index in [1.54, 1.807) is 5.57 Å². The Morgan fingerprint density at radius 3 is 2.68 bits per heavy atom. The molecule has 4 rings (SSSR count). The van der Waals surface area contributed by atoms with Crippen LogP contribution in [-0.2, 0) is 0 Å². The highest BCUT2D eigenvalue weighted by molar-refractivity contribution is 5.25. The zero-order valence-corrected chi connectivity index (χ0v) is 17.1. The lowest BCUT2D eigenvalue weighted by atomic mass is 9.47. The van der Waals surface area contributed by atoms with Gasteiger partial charge in [0.2, 0.25) is 0 Å². The van der Waals surface area contributed by atoms with E-state index in [0.29, 0.717) is 10.8 Å². The van der Waals surface area contributed by atoms with Crippen LogP contribution < -0.4 is 0 Å². The van der Waals surface area contributed by atoms with Crippen LogP contribution in [0.3, 0.4) is 0 Å². The third-order valence-corrected chi connectivity index (χ3v) is 9.58. The minimum absolute atomic E-state index is 0.0736. The van der Waals surface area contributed by atoms with Crippen molar-refractivity contribution in [2.75, 3.05) is 0 Å². The molecule has 1 N–H and O–H groups in total. The minimum Gasteiger partial charge on any atom is -0.393 e. The summed E-state index contributed by atoms with van der Waals surface area (Å²) in [5.74, 6) is 4.63. The summed E-state index contributed by atoms with van der Waals surface area (Å²) in [6, 6.07) is 0. The Balaban J connectivity index is 1.60. The molecule has 8 unspecified atom stereocenters. The molecule has 0 saturated heterocycles. The van der Waals surface area contributed by atoms with E-state index in [1.165, 1.54) is 51.4 Å². The van der Waals surface area contributed by atoms with Crippen molar-refractivity contribution >= 4 is 0 Å². The third kappa shape index (κ3) is 2.67. The number of fused-ring (bicyclic) bond motifs is 5. The van der Waals surface area contributed by atoms with E-state index in [9.17, 15) is 5.11 Å². The molecule has 0 radical (unpaired) electrons. The molecule has 0 aliphatic heterocycles. The first-order valence-electron chi connectivity index (χ1n) is 11.3. The number of aliphatic hydroxyl groups excluding tert-OH is 1. The summed E-state index contributed by atoms with van der Waals surface area (Å²) in [6.45, 7) is 10.1. The van der Waals surface area contributed by atoms with Crippen molar-refractivity contribution < 1.29 is 5.11 Å². The average Bonchev–Trinajstić information content (AvgIpc) is 2.93. The summed E-state index contributed by atoms with van der Waals surface area (Å²) in [5, 5.41) is 10.2. The minimum atomic E-state index is -0.0736. The summed E-state index contributed by atoms with van der Waals surface area (Å²) < 4.78 is 0. The Kier molecular flexibility index (Phi) is 4.63. The molecule has 4 aliphatic rings. The van der Waals surface area contributed by atoms with E-state index < -0.39 is 0 Å². The number of aliphatic hydroxyl groups is 1. The van der Waals surface area contributed by atoms with Crippen LogP contribution in [0.4, 0.5) is 0 Å². The fourth-order valence-electron chi connectivity index (χ4n) is 8.27. The van der Waals surface area contributed by atoms with Crippen LogP contribution in [0.1, 0.15) is 91.9 Å². The molecule has 4 aliphatic carbocycles. The fraction of sp³-hybridized carbons (Fsp3) is 0.917. The normalized spacial score (nSPS) is 50.4. The van der Waals surface area contributed by atoms with Crippen LogP contribution in [0.25, 0.3) is 0 Å². The predicted molar refractivity (Wildman–Crippen MR) is 105 cm³/mol. The summed E-state index contributed by atoms with van der Waals surface area (Å²) in [6.07, 6.45) is 15.6. The molecule has 3 fully saturated rings. The van der Waals surface area contributed by atoms with Gasteiger partial charge in [0, 0.05) is 0 Å². The van der Waals surface area contributed by atoms with E-state index in [1.807, 2.05) is 0 Å². The zero-order valence-electron chi connectivity index (χ0n) is 17.1. The van der Waals surface area contributed by atoms with Gasteiger partial charge in [0.15, 0.2) is 0 Å². The largest absolute Gasteiger partial charge is 0.393 e. The Morgan fingerprint density at radius 1 is 1.12 bits per heavy atom. The molecular weight excluding hydrogens is 304 g/mol. The summed E-state index contributed by atoms with van der Waals surface area (Å²) >= 11 is 0. The molecule has 3 saturated carbocycles. The van der Waals surface area contributed by atoms with Gasteiger partial charge in [0.05, 0.1) is 6.10 Å². The molecule has 8 atom stereocenters. The smallest absolute Gasteiger partial charge is 0.0577 e. The lowest BCUT2D eigenvalue weighted by Crippen LogP contribution is -2.50. The first kappa shape index (κ1) is 18.1. The van der Waals surface area contributed by atoms with Gasteiger partial charge in [-0.15, -0.1) is 0 Å². The predicted octanol–water partition coefficient (Wildman–Crippen LogP) is 6.36. The highest BCUT2D eigenvalue weighted by Gasteiger charge is 2.58. The highest BCUT2D eigenvalue weighted by Crippen LogP contribution is 2.67. The van der Waals surface area contributed by atoms with Gasteiger partial charge in [-0.3, -0.25) is 0 Å². The maximum Gasteiger partial charge on any atom is 0.0577 e. The van der Waals surface area contributed by atoms with Crippen LogP contribution in [0.2, 0.25) is 0 Å². The van der Waals surface area contributed by atoms with Gasteiger partial charge in [-0.25, -0.2) is 0 Å². The first-order valence-corrected chi connectivity index (χ1v) is 11.3. The Bertz CT molecular complexity index is 536.